The maximum Gasteiger partial charge on any atom is 0.225 e. The molecule has 0 aliphatic rings. The third kappa shape index (κ3) is 4.96. The number of hydrogen-bond donors (Lipinski definition) is 1. The van der Waals surface area contributed by atoms with Crippen molar-refractivity contribution in [3.8, 4) is 5.82 Å². The molecule has 7 heteroatoms. The molecule has 0 unspecified atom stereocenters. The van der Waals surface area contributed by atoms with E-state index in [2.05, 4.69) is 29.5 Å². The Morgan fingerprint density at radius 2 is 1.67 bits per heavy atom. The summed E-state index contributed by atoms with van der Waals surface area (Å²) in [5, 5.41) is 9.09. The van der Waals surface area contributed by atoms with Gasteiger partial charge in [0.05, 0.1) is 11.2 Å². The Labute approximate surface area is 197 Å². The van der Waals surface area contributed by atoms with E-state index in [-0.39, 0.29) is 24.5 Å². The fraction of sp³-hybridized carbons (Fsp3) is 0.231. The molecule has 168 valence electrons. The molecule has 0 bridgehead atoms. The van der Waals surface area contributed by atoms with Gasteiger partial charge in [-0.1, -0.05) is 23.2 Å². The zero-order chi connectivity index (χ0) is 23.7. The van der Waals surface area contributed by atoms with Gasteiger partial charge in [-0.15, -0.1) is 0 Å². The Balaban J connectivity index is 1.55. The van der Waals surface area contributed by atoms with Gasteiger partial charge in [-0.3, -0.25) is 9.59 Å². The number of rotatable bonds is 6. The predicted octanol–water partition coefficient (Wildman–Crippen LogP) is 5.91. The van der Waals surface area contributed by atoms with E-state index >= 15 is 0 Å². The van der Waals surface area contributed by atoms with Crippen molar-refractivity contribution >= 4 is 40.0 Å². The minimum absolute atomic E-state index is 0.0637. The molecule has 0 spiro atoms. The molecule has 2 aromatic heterocycles. The van der Waals surface area contributed by atoms with Crippen molar-refractivity contribution in [1.29, 1.82) is 0 Å². The molecule has 1 N–H and O–H groups in total. The molecular formula is C26H25ClN4O2. The summed E-state index contributed by atoms with van der Waals surface area (Å²) in [6, 6.07) is 14.7. The molecule has 33 heavy (non-hydrogen) atoms. The van der Waals surface area contributed by atoms with E-state index in [1.54, 1.807) is 35.0 Å². The van der Waals surface area contributed by atoms with E-state index in [0.29, 0.717) is 22.2 Å². The highest BCUT2D eigenvalue weighted by Crippen LogP contribution is 2.26. The summed E-state index contributed by atoms with van der Waals surface area (Å²) >= 11 is 5.87. The van der Waals surface area contributed by atoms with Gasteiger partial charge in [0.15, 0.2) is 11.6 Å². The van der Waals surface area contributed by atoms with Crippen LogP contribution in [-0.2, 0) is 4.79 Å². The topological polar surface area (TPSA) is 76.9 Å². The fourth-order valence-electron chi connectivity index (χ4n) is 3.91. The number of pyridine rings is 1. The van der Waals surface area contributed by atoms with Crippen LogP contribution < -0.4 is 5.32 Å². The third-order valence-corrected chi connectivity index (χ3v) is 5.75. The number of nitrogens with one attached hydrogen (secondary N) is 1. The van der Waals surface area contributed by atoms with Crippen LogP contribution in [0.15, 0.2) is 48.5 Å². The largest absolute Gasteiger partial charge is 0.311 e. The van der Waals surface area contributed by atoms with Crippen LogP contribution in [0.3, 0.4) is 0 Å². The van der Waals surface area contributed by atoms with Gasteiger partial charge in [-0.05, 0) is 75.2 Å². The molecule has 0 fully saturated rings. The predicted molar refractivity (Wildman–Crippen MR) is 131 cm³/mol. The molecule has 0 saturated heterocycles. The first-order valence-electron chi connectivity index (χ1n) is 10.8. The van der Waals surface area contributed by atoms with Crippen molar-refractivity contribution in [1.82, 2.24) is 14.8 Å². The molecule has 1 amide bonds. The van der Waals surface area contributed by atoms with Crippen LogP contribution in [-0.4, -0.2) is 26.5 Å². The molecule has 2 aromatic carbocycles. The maximum absolute atomic E-state index is 12.6. The monoisotopic (exact) mass is 460 g/mol. The molecule has 4 aromatic rings. The van der Waals surface area contributed by atoms with E-state index in [4.69, 9.17) is 16.6 Å². The van der Waals surface area contributed by atoms with Crippen molar-refractivity contribution in [2.24, 2.45) is 0 Å². The second-order valence-electron chi connectivity index (χ2n) is 8.34. The van der Waals surface area contributed by atoms with Gasteiger partial charge in [-0.2, -0.15) is 9.78 Å². The van der Waals surface area contributed by atoms with Crippen LogP contribution in [0.4, 0.5) is 5.82 Å². The maximum atomic E-state index is 12.6. The summed E-state index contributed by atoms with van der Waals surface area (Å²) in [6.45, 7) is 8.02. The quantitative estimate of drug-likeness (QED) is 0.363. The van der Waals surface area contributed by atoms with Crippen LogP contribution in [0.1, 0.15) is 45.6 Å². The van der Waals surface area contributed by atoms with Gasteiger partial charge in [0.25, 0.3) is 0 Å². The van der Waals surface area contributed by atoms with E-state index < -0.39 is 0 Å². The Morgan fingerprint density at radius 1 is 0.939 bits per heavy atom. The van der Waals surface area contributed by atoms with E-state index in [1.807, 2.05) is 26.8 Å². The van der Waals surface area contributed by atoms with Crippen LogP contribution in [0, 0.1) is 27.7 Å². The lowest BCUT2D eigenvalue weighted by molar-refractivity contribution is -0.116. The van der Waals surface area contributed by atoms with Crippen LogP contribution in [0.25, 0.3) is 16.7 Å². The number of Topliss-reactive ketones (excluding diaryl/α,β-unsaturated/α-hetero) is 1. The van der Waals surface area contributed by atoms with Gasteiger partial charge in [-0.25, -0.2) is 4.98 Å². The van der Waals surface area contributed by atoms with Crippen molar-refractivity contribution in [2.45, 2.75) is 40.5 Å². The Bertz CT molecular complexity index is 1370. The van der Waals surface area contributed by atoms with Crippen molar-refractivity contribution in [3.63, 3.8) is 0 Å². The van der Waals surface area contributed by atoms with Crippen molar-refractivity contribution < 1.29 is 9.59 Å². The highest BCUT2D eigenvalue weighted by molar-refractivity contribution is 6.30. The molecule has 0 saturated carbocycles. The highest BCUT2D eigenvalue weighted by atomic mass is 35.5. The molecular weight excluding hydrogens is 436 g/mol. The number of amides is 1. The number of hydrogen-bond acceptors (Lipinski definition) is 4. The molecule has 4 rings (SSSR count). The second-order valence-corrected chi connectivity index (χ2v) is 8.77. The number of halogens is 1. The zero-order valence-corrected chi connectivity index (χ0v) is 19.8. The smallest absolute Gasteiger partial charge is 0.225 e. The van der Waals surface area contributed by atoms with Gasteiger partial charge in [0.2, 0.25) is 5.91 Å². The molecule has 0 aliphatic heterocycles. The molecule has 6 nitrogen and oxygen atoms in total. The summed E-state index contributed by atoms with van der Waals surface area (Å²) in [5.41, 5.74) is 5.56. The first-order valence-corrected chi connectivity index (χ1v) is 11.1. The lowest BCUT2D eigenvalue weighted by Gasteiger charge is -2.12. The summed E-state index contributed by atoms with van der Waals surface area (Å²) < 4.78 is 1.64. The minimum Gasteiger partial charge on any atom is -0.311 e. The Kier molecular flexibility index (Phi) is 6.29. The lowest BCUT2D eigenvalue weighted by atomic mass is 10.0. The number of nitrogens with zero attached hydrogens (tertiary/aromatic N) is 3. The molecule has 0 radical (unpaired) electrons. The molecule has 0 atom stereocenters. The number of fused-ring (bicyclic) bond motifs is 1. The average molecular weight is 461 g/mol. The van der Waals surface area contributed by atoms with Gasteiger partial charge >= 0.3 is 0 Å². The minimum atomic E-state index is -0.261. The summed E-state index contributed by atoms with van der Waals surface area (Å²) in [4.78, 5) is 29.8. The SMILES string of the molecule is Cc1cc(C)c2nc(-n3nc(C)cc3NC(=O)CCC(=O)c3ccc(Cl)cc3)cc(C)c2c1. The fourth-order valence-corrected chi connectivity index (χ4v) is 4.04. The summed E-state index contributed by atoms with van der Waals surface area (Å²) in [6.07, 6.45) is 0.167. The van der Waals surface area contributed by atoms with Gasteiger partial charge in [0.1, 0.15) is 5.82 Å². The third-order valence-electron chi connectivity index (χ3n) is 5.50. The van der Waals surface area contributed by atoms with E-state index in [9.17, 15) is 9.59 Å². The number of aromatic nitrogens is 3. The first-order chi connectivity index (χ1) is 15.7. The average Bonchev–Trinajstić information content (AvgIpc) is 3.13. The normalized spacial score (nSPS) is 11.1. The number of benzene rings is 2. The standard InChI is InChI=1S/C26H25ClN4O2/c1-15-11-17(3)26-21(12-15)16(2)13-23(29-26)31-24(14-18(4)30-31)28-25(33)10-9-22(32)19-5-7-20(27)8-6-19/h5-8,11-14H,9-10H2,1-4H3,(H,28,33). The lowest BCUT2D eigenvalue weighted by Crippen LogP contribution is -2.16. The van der Waals surface area contributed by atoms with Gasteiger partial charge < -0.3 is 5.32 Å². The highest BCUT2D eigenvalue weighted by Gasteiger charge is 2.16. The van der Waals surface area contributed by atoms with E-state index in [0.717, 1.165) is 27.7 Å². The summed E-state index contributed by atoms with van der Waals surface area (Å²) in [7, 11) is 0. The Morgan fingerprint density at radius 3 is 2.39 bits per heavy atom. The van der Waals surface area contributed by atoms with Crippen LogP contribution in [0.2, 0.25) is 5.02 Å². The summed E-state index contributed by atoms with van der Waals surface area (Å²) in [5.74, 6) is 0.784. The van der Waals surface area contributed by atoms with E-state index in [1.165, 1.54) is 5.56 Å². The number of carbonyl (C=O) groups is 2. The number of aryl methyl sites for hydroxylation is 4. The number of carbonyl (C=O) groups excluding carboxylic acids is 2. The van der Waals surface area contributed by atoms with Gasteiger partial charge in [0, 0.05) is 34.9 Å². The second kappa shape index (κ2) is 9.16. The Hall–Kier alpha value is -3.51. The zero-order valence-electron chi connectivity index (χ0n) is 19.1. The first kappa shape index (κ1) is 22.7. The van der Waals surface area contributed by atoms with Crippen molar-refractivity contribution in [3.05, 3.63) is 81.5 Å². The molecule has 0 aliphatic carbocycles. The van der Waals surface area contributed by atoms with Crippen molar-refractivity contribution in [2.75, 3.05) is 5.32 Å². The molecule has 2 heterocycles. The van der Waals surface area contributed by atoms with Crippen LogP contribution in [0.5, 0.6) is 0 Å². The van der Waals surface area contributed by atoms with Crippen LogP contribution >= 0.6 is 11.6 Å². The number of ketones is 1. The number of anilines is 1.